The number of nitrogens with two attached hydrogens (primary N) is 1. The molecule has 2 N–H and O–H groups in total. The Morgan fingerprint density at radius 1 is 1.44 bits per heavy atom. The average molecular weight is 240 g/mol. The lowest BCUT2D eigenvalue weighted by atomic mass is 9.99. The Morgan fingerprint density at radius 3 is 2.75 bits per heavy atom. The molecule has 1 aromatic rings. The van der Waals surface area contributed by atoms with Crippen molar-refractivity contribution in [2.45, 2.75) is 26.3 Å². The van der Waals surface area contributed by atoms with Crippen molar-refractivity contribution in [3.05, 3.63) is 22.8 Å². The minimum absolute atomic E-state index is 0.467. The lowest BCUT2D eigenvalue weighted by molar-refractivity contribution is 0.436. The van der Waals surface area contributed by atoms with Gasteiger partial charge in [0.1, 0.15) is 5.82 Å². The zero-order valence-corrected chi connectivity index (χ0v) is 10.4. The summed E-state index contributed by atoms with van der Waals surface area (Å²) in [5.74, 6) is 1.71. The first-order valence-electron chi connectivity index (χ1n) is 5.81. The molecule has 0 spiro atoms. The number of rotatable bonds is 2. The summed E-state index contributed by atoms with van der Waals surface area (Å²) in [6, 6.07) is 3.78. The molecular weight excluding hydrogens is 222 g/mol. The summed E-state index contributed by atoms with van der Waals surface area (Å²) in [5, 5.41) is 0.728. The third-order valence-corrected chi connectivity index (χ3v) is 3.47. The van der Waals surface area contributed by atoms with Crippen LogP contribution >= 0.6 is 11.6 Å². The van der Waals surface area contributed by atoms with Crippen LogP contribution < -0.4 is 10.6 Å². The average Bonchev–Trinajstić information content (AvgIpc) is 2.31. The molecule has 4 heteroatoms. The highest BCUT2D eigenvalue weighted by Gasteiger charge is 2.19. The SMILES string of the molecule is CC1CCN(c2nc(CN)ccc2Cl)CC1. The molecule has 0 unspecified atom stereocenters. The largest absolute Gasteiger partial charge is 0.355 e. The molecule has 0 bridgehead atoms. The van der Waals surface area contributed by atoms with Crippen molar-refractivity contribution in [1.82, 2.24) is 4.98 Å². The second-order valence-corrected chi connectivity index (χ2v) is 4.89. The summed E-state index contributed by atoms with van der Waals surface area (Å²) in [4.78, 5) is 6.77. The summed E-state index contributed by atoms with van der Waals surface area (Å²) in [5.41, 5.74) is 6.50. The summed E-state index contributed by atoms with van der Waals surface area (Å²) in [7, 11) is 0. The summed E-state index contributed by atoms with van der Waals surface area (Å²) in [6.07, 6.45) is 2.43. The van der Waals surface area contributed by atoms with E-state index in [2.05, 4.69) is 16.8 Å². The molecule has 3 nitrogen and oxygen atoms in total. The van der Waals surface area contributed by atoms with E-state index in [-0.39, 0.29) is 0 Å². The number of hydrogen-bond donors (Lipinski definition) is 1. The third-order valence-electron chi connectivity index (χ3n) is 3.18. The van der Waals surface area contributed by atoms with Crippen molar-refractivity contribution >= 4 is 17.4 Å². The fourth-order valence-corrected chi connectivity index (χ4v) is 2.25. The number of piperidine rings is 1. The van der Waals surface area contributed by atoms with E-state index in [0.29, 0.717) is 6.54 Å². The van der Waals surface area contributed by atoms with Gasteiger partial charge >= 0.3 is 0 Å². The second kappa shape index (κ2) is 5.02. The van der Waals surface area contributed by atoms with Crippen molar-refractivity contribution < 1.29 is 0 Å². The number of aromatic nitrogens is 1. The van der Waals surface area contributed by atoms with Gasteiger partial charge in [0.15, 0.2) is 0 Å². The minimum atomic E-state index is 0.467. The molecule has 0 amide bonds. The molecule has 0 aromatic carbocycles. The molecule has 1 aromatic heterocycles. The van der Waals surface area contributed by atoms with Crippen LogP contribution in [0.2, 0.25) is 5.02 Å². The molecule has 1 fully saturated rings. The van der Waals surface area contributed by atoms with Crippen molar-refractivity contribution in [1.29, 1.82) is 0 Å². The normalized spacial score (nSPS) is 17.8. The standard InChI is InChI=1S/C12H18ClN3/c1-9-4-6-16(7-5-9)12-11(13)3-2-10(8-14)15-12/h2-3,9H,4-8,14H2,1H3. The lowest BCUT2D eigenvalue weighted by Crippen LogP contribution is -2.33. The van der Waals surface area contributed by atoms with Gasteiger partial charge in [0.05, 0.1) is 10.7 Å². The fraction of sp³-hybridized carbons (Fsp3) is 0.583. The number of nitrogens with zero attached hydrogens (tertiary/aromatic N) is 2. The van der Waals surface area contributed by atoms with Gasteiger partial charge in [0, 0.05) is 19.6 Å². The van der Waals surface area contributed by atoms with Gasteiger partial charge in [-0.3, -0.25) is 0 Å². The third kappa shape index (κ3) is 2.47. The van der Waals surface area contributed by atoms with E-state index in [0.717, 1.165) is 35.5 Å². The zero-order chi connectivity index (χ0) is 11.5. The van der Waals surface area contributed by atoms with Crippen LogP contribution in [0.3, 0.4) is 0 Å². The first-order chi connectivity index (χ1) is 7.70. The molecule has 2 heterocycles. The topological polar surface area (TPSA) is 42.2 Å². The Balaban J connectivity index is 2.19. The van der Waals surface area contributed by atoms with Crippen LogP contribution in [0.1, 0.15) is 25.5 Å². The molecule has 1 aliphatic heterocycles. The Kier molecular flexibility index (Phi) is 3.66. The van der Waals surface area contributed by atoms with E-state index in [1.165, 1.54) is 12.8 Å². The number of halogens is 1. The van der Waals surface area contributed by atoms with Gasteiger partial charge in [-0.15, -0.1) is 0 Å². The van der Waals surface area contributed by atoms with Gasteiger partial charge in [0.25, 0.3) is 0 Å². The van der Waals surface area contributed by atoms with Crippen LogP contribution in [-0.4, -0.2) is 18.1 Å². The van der Waals surface area contributed by atoms with Crippen molar-refractivity contribution in [3.63, 3.8) is 0 Å². The monoisotopic (exact) mass is 239 g/mol. The van der Waals surface area contributed by atoms with Crippen molar-refractivity contribution in [3.8, 4) is 0 Å². The molecule has 1 aliphatic rings. The number of anilines is 1. The van der Waals surface area contributed by atoms with Crippen LogP contribution in [0, 0.1) is 5.92 Å². The minimum Gasteiger partial charge on any atom is -0.355 e. The van der Waals surface area contributed by atoms with Gasteiger partial charge in [-0.2, -0.15) is 0 Å². The fourth-order valence-electron chi connectivity index (χ4n) is 2.03. The molecule has 0 aliphatic carbocycles. The lowest BCUT2D eigenvalue weighted by Gasteiger charge is -2.31. The quantitative estimate of drug-likeness (QED) is 0.862. The van der Waals surface area contributed by atoms with Gasteiger partial charge in [-0.05, 0) is 30.9 Å². The molecule has 16 heavy (non-hydrogen) atoms. The number of hydrogen-bond acceptors (Lipinski definition) is 3. The molecule has 0 radical (unpaired) electrons. The maximum Gasteiger partial charge on any atom is 0.147 e. The molecular formula is C12H18ClN3. The highest BCUT2D eigenvalue weighted by atomic mass is 35.5. The Bertz CT molecular complexity index is 359. The second-order valence-electron chi connectivity index (χ2n) is 4.48. The maximum absolute atomic E-state index is 6.18. The first-order valence-corrected chi connectivity index (χ1v) is 6.19. The summed E-state index contributed by atoms with van der Waals surface area (Å²) in [6.45, 7) is 4.85. The van der Waals surface area contributed by atoms with Crippen molar-refractivity contribution in [2.75, 3.05) is 18.0 Å². The van der Waals surface area contributed by atoms with Crippen LogP contribution in [0.5, 0.6) is 0 Å². The maximum atomic E-state index is 6.18. The number of pyridine rings is 1. The predicted octanol–water partition coefficient (Wildman–Crippen LogP) is 2.43. The van der Waals surface area contributed by atoms with E-state index >= 15 is 0 Å². The van der Waals surface area contributed by atoms with Crippen LogP contribution in [0.25, 0.3) is 0 Å². The van der Waals surface area contributed by atoms with E-state index in [1.54, 1.807) is 0 Å². The van der Waals surface area contributed by atoms with E-state index in [4.69, 9.17) is 17.3 Å². The summed E-state index contributed by atoms with van der Waals surface area (Å²) < 4.78 is 0. The van der Waals surface area contributed by atoms with Gasteiger partial charge < -0.3 is 10.6 Å². The van der Waals surface area contributed by atoms with Gasteiger partial charge in [-0.25, -0.2) is 4.98 Å². The molecule has 2 rings (SSSR count). The molecule has 1 saturated heterocycles. The van der Waals surface area contributed by atoms with Crippen molar-refractivity contribution in [2.24, 2.45) is 11.7 Å². The zero-order valence-electron chi connectivity index (χ0n) is 9.62. The smallest absolute Gasteiger partial charge is 0.147 e. The van der Waals surface area contributed by atoms with Crippen LogP contribution in [0.4, 0.5) is 5.82 Å². The van der Waals surface area contributed by atoms with E-state index in [9.17, 15) is 0 Å². The highest BCUT2D eigenvalue weighted by molar-refractivity contribution is 6.32. The Morgan fingerprint density at radius 2 is 2.12 bits per heavy atom. The van der Waals surface area contributed by atoms with Crippen LogP contribution in [-0.2, 0) is 6.54 Å². The molecule has 0 saturated carbocycles. The van der Waals surface area contributed by atoms with Crippen LogP contribution in [0.15, 0.2) is 12.1 Å². The van der Waals surface area contributed by atoms with Gasteiger partial charge in [-0.1, -0.05) is 18.5 Å². The molecule has 88 valence electrons. The molecule has 0 atom stereocenters. The Hall–Kier alpha value is -0.800. The summed E-state index contributed by atoms with van der Waals surface area (Å²) >= 11 is 6.18. The predicted molar refractivity (Wildman–Crippen MR) is 67.7 cm³/mol. The highest BCUT2D eigenvalue weighted by Crippen LogP contribution is 2.27. The van der Waals surface area contributed by atoms with Gasteiger partial charge in [0.2, 0.25) is 0 Å². The first kappa shape index (κ1) is 11.7. The van der Waals surface area contributed by atoms with E-state index < -0.39 is 0 Å². The van der Waals surface area contributed by atoms with E-state index in [1.807, 2.05) is 12.1 Å². The Labute approximate surface area is 102 Å².